The number of aromatic amines is 1. The fraction of sp³-hybridized carbons (Fsp3) is 0.176. The minimum Gasteiger partial charge on any atom is -0.497 e. The monoisotopic (exact) mass is 323 g/mol. The summed E-state index contributed by atoms with van der Waals surface area (Å²) < 4.78 is 5.13. The number of hydrogen-bond acceptors (Lipinski definition) is 5. The van der Waals surface area contributed by atoms with Crippen LogP contribution in [0.15, 0.2) is 48.9 Å². The Balaban J connectivity index is 1.71. The normalized spacial score (nSPS) is 11.8. The average molecular weight is 323 g/mol. The van der Waals surface area contributed by atoms with Crippen molar-refractivity contribution < 1.29 is 9.53 Å². The minimum absolute atomic E-state index is 0.250. The maximum absolute atomic E-state index is 12.3. The number of benzene rings is 1. The van der Waals surface area contributed by atoms with Crippen LogP contribution in [0.4, 0.5) is 0 Å². The van der Waals surface area contributed by atoms with Crippen molar-refractivity contribution in [3.05, 3.63) is 60.3 Å². The Bertz CT molecular complexity index is 815. The number of amides is 1. The first-order chi connectivity index (χ1) is 11.7. The van der Waals surface area contributed by atoms with E-state index >= 15 is 0 Å². The molecule has 0 saturated heterocycles. The van der Waals surface area contributed by atoms with Gasteiger partial charge in [-0.1, -0.05) is 0 Å². The fourth-order valence-corrected chi connectivity index (χ4v) is 2.23. The molecule has 0 aliphatic heterocycles. The molecule has 0 bridgehead atoms. The van der Waals surface area contributed by atoms with E-state index in [1.165, 1.54) is 0 Å². The molecule has 3 rings (SSSR count). The molecule has 1 amide bonds. The van der Waals surface area contributed by atoms with Crippen LogP contribution in [0.2, 0.25) is 0 Å². The summed E-state index contributed by atoms with van der Waals surface area (Å²) in [6.45, 7) is 1.85. The van der Waals surface area contributed by atoms with Gasteiger partial charge in [-0.15, -0.1) is 0 Å². The predicted octanol–water partition coefficient (Wildman–Crippen LogP) is 2.37. The highest BCUT2D eigenvalue weighted by molar-refractivity contribution is 5.93. The number of aromatic nitrogens is 4. The molecule has 0 aliphatic carbocycles. The number of nitrogens with one attached hydrogen (secondary N) is 2. The molecule has 122 valence electrons. The van der Waals surface area contributed by atoms with Crippen molar-refractivity contribution in [3.8, 4) is 17.0 Å². The van der Waals surface area contributed by atoms with E-state index in [2.05, 4.69) is 25.5 Å². The zero-order valence-corrected chi connectivity index (χ0v) is 13.4. The molecule has 2 heterocycles. The second kappa shape index (κ2) is 6.91. The smallest absolute Gasteiger partial charge is 0.269 e. The predicted molar refractivity (Wildman–Crippen MR) is 88.5 cm³/mol. The lowest BCUT2D eigenvalue weighted by atomic mass is 10.1. The van der Waals surface area contributed by atoms with Crippen molar-refractivity contribution in [1.82, 2.24) is 25.5 Å². The maximum atomic E-state index is 12.3. The summed E-state index contributed by atoms with van der Waals surface area (Å²) >= 11 is 0. The molecule has 0 aliphatic rings. The molecule has 2 N–H and O–H groups in total. The highest BCUT2D eigenvalue weighted by Crippen LogP contribution is 2.21. The van der Waals surface area contributed by atoms with E-state index in [9.17, 15) is 4.79 Å². The van der Waals surface area contributed by atoms with E-state index in [0.717, 1.165) is 11.3 Å². The van der Waals surface area contributed by atoms with Gasteiger partial charge in [-0.2, -0.15) is 5.10 Å². The van der Waals surface area contributed by atoms with E-state index in [4.69, 9.17) is 4.74 Å². The van der Waals surface area contributed by atoms with E-state index in [1.807, 2.05) is 31.2 Å². The van der Waals surface area contributed by atoms with E-state index in [1.54, 1.807) is 31.8 Å². The second-order valence-corrected chi connectivity index (χ2v) is 5.22. The van der Waals surface area contributed by atoms with Crippen LogP contribution < -0.4 is 10.1 Å². The lowest BCUT2D eigenvalue weighted by Crippen LogP contribution is -2.27. The van der Waals surface area contributed by atoms with Gasteiger partial charge in [0, 0.05) is 18.0 Å². The number of nitrogens with zero attached hydrogens (tertiary/aromatic N) is 3. The molecule has 0 saturated carbocycles. The first-order valence-electron chi connectivity index (χ1n) is 7.44. The van der Waals surface area contributed by atoms with Gasteiger partial charge in [0.2, 0.25) is 0 Å². The number of carbonyl (C=O) groups is 1. The van der Waals surface area contributed by atoms with Crippen LogP contribution >= 0.6 is 0 Å². The summed E-state index contributed by atoms with van der Waals surface area (Å²) in [5.74, 6) is 0.519. The van der Waals surface area contributed by atoms with Crippen molar-refractivity contribution in [2.75, 3.05) is 7.11 Å². The number of hydrogen-bond donors (Lipinski definition) is 2. The number of carbonyl (C=O) groups excluding carboxylic acids is 1. The molecule has 0 fully saturated rings. The van der Waals surface area contributed by atoms with E-state index in [-0.39, 0.29) is 11.9 Å². The molecule has 0 radical (unpaired) electrons. The summed E-state index contributed by atoms with van der Waals surface area (Å²) in [6.07, 6.45) is 4.81. The molecule has 3 aromatic rings. The zero-order chi connectivity index (χ0) is 16.9. The molecule has 0 spiro atoms. The molecule has 7 nitrogen and oxygen atoms in total. The number of rotatable bonds is 5. The van der Waals surface area contributed by atoms with Crippen molar-refractivity contribution in [2.24, 2.45) is 0 Å². The Labute approximate surface area is 139 Å². The number of methoxy groups -OCH3 is 1. The van der Waals surface area contributed by atoms with Crippen molar-refractivity contribution >= 4 is 5.91 Å². The zero-order valence-electron chi connectivity index (χ0n) is 13.4. The van der Waals surface area contributed by atoms with E-state index < -0.39 is 0 Å². The van der Waals surface area contributed by atoms with Crippen molar-refractivity contribution in [2.45, 2.75) is 13.0 Å². The third kappa shape index (κ3) is 3.40. The third-order valence-electron chi connectivity index (χ3n) is 3.58. The van der Waals surface area contributed by atoms with Crippen molar-refractivity contribution in [1.29, 1.82) is 0 Å². The van der Waals surface area contributed by atoms with Gasteiger partial charge in [-0.05, 0) is 37.3 Å². The third-order valence-corrected chi connectivity index (χ3v) is 3.58. The number of H-pyrrole nitrogens is 1. The second-order valence-electron chi connectivity index (χ2n) is 5.22. The highest BCUT2D eigenvalue weighted by Gasteiger charge is 2.15. The molecule has 1 aromatic carbocycles. The van der Waals surface area contributed by atoms with Gasteiger partial charge >= 0.3 is 0 Å². The molecule has 0 unspecified atom stereocenters. The first kappa shape index (κ1) is 15.7. The quantitative estimate of drug-likeness (QED) is 0.752. The molecule has 1 atom stereocenters. The Morgan fingerprint density at radius 2 is 2.04 bits per heavy atom. The molecule has 7 heteroatoms. The van der Waals surface area contributed by atoms with Crippen LogP contribution in [-0.4, -0.2) is 33.2 Å². The lowest BCUT2D eigenvalue weighted by molar-refractivity contribution is 0.0934. The average Bonchev–Trinajstić information content (AvgIpc) is 3.13. The van der Waals surface area contributed by atoms with Gasteiger partial charge in [-0.25, -0.2) is 0 Å². The summed E-state index contributed by atoms with van der Waals surface area (Å²) in [6, 6.07) is 8.93. The van der Waals surface area contributed by atoms with Crippen molar-refractivity contribution in [3.63, 3.8) is 0 Å². The van der Waals surface area contributed by atoms with Gasteiger partial charge in [-0.3, -0.25) is 19.9 Å². The Morgan fingerprint density at radius 3 is 2.71 bits per heavy atom. The van der Waals surface area contributed by atoms with Gasteiger partial charge in [0.25, 0.3) is 5.91 Å². The van der Waals surface area contributed by atoms with Crippen LogP contribution in [0.1, 0.15) is 29.1 Å². The highest BCUT2D eigenvalue weighted by atomic mass is 16.5. The van der Waals surface area contributed by atoms with Gasteiger partial charge in [0.15, 0.2) is 0 Å². The molecule has 24 heavy (non-hydrogen) atoms. The van der Waals surface area contributed by atoms with Crippen LogP contribution in [-0.2, 0) is 0 Å². The standard InChI is InChI=1S/C17H17N5O2/c1-11(16-10-18-7-8-19-16)20-17(23)15-9-14(21-22-15)12-3-5-13(24-2)6-4-12/h3-11H,1-2H3,(H,20,23)(H,21,22)/t11-/m1/s1. The van der Waals surface area contributed by atoms with E-state index in [0.29, 0.717) is 17.1 Å². The largest absolute Gasteiger partial charge is 0.497 e. The molecular weight excluding hydrogens is 306 g/mol. The van der Waals surface area contributed by atoms with Crippen LogP contribution in [0.3, 0.4) is 0 Å². The Morgan fingerprint density at radius 1 is 1.25 bits per heavy atom. The van der Waals surface area contributed by atoms with Gasteiger partial charge < -0.3 is 10.1 Å². The Hall–Kier alpha value is -3.22. The molecular formula is C17H17N5O2. The van der Waals surface area contributed by atoms with Crippen LogP contribution in [0.5, 0.6) is 5.75 Å². The summed E-state index contributed by atoms with van der Waals surface area (Å²) in [5, 5.41) is 9.81. The first-order valence-corrected chi connectivity index (χ1v) is 7.44. The lowest BCUT2D eigenvalue weighted by Gasteiger charge is -2.11. The maximum Gasteiger partial charge on any atom is 0.269 e. The SMILES string of the molecule is COc1ccc(-c2cc(C(=O)N[C@H](C)c3cnccn3)[nH]n2)cc1. The number of ether oxygens (including phenoxy) is 1. The fourth-order valence-electron chi connectivity index (χ4n) is 2.23. The minimum atomic E-state index is -0.251. The summed E-state index contributed by atoms with van der Waals surface area (Å²) in [5.41, 5.74) is 2.67. The van der Waals surface area contributed by atoms with Gasteiger partial charge in [0.05, 0.1) is 30.7 Å². The topological polar surface area (TPSA) is 92.8 Å². The summed E-state index contributed by atoms with van der Waals surface area (Å²) in [4.78, 5) is 20.5. The van der Waals surface area contributed by atoms with Gasteiger partial charge in [0.1, 0.15) is 11.4 Å². The van der Waals surface area contributed by atoms with Crippen LogP contribution in [0.25, 0.3) is 11.3 Å². The molecule has 2 aromatic heterocycles. The summed E-state index contributed by atoms with van der Waals surface area (Å²) in [7, 11) is 1.62. The Kier molecular flexibility index (Phi) is 4.51. The van der Waals surface area contributed by atoms with Crippen LogP contribution in [0, 0.1) is 0 Å².